The van der Waals surface area contributed by atoms with E-state index in [-0.39, 0.29) is 11.8 Å². The molecular weight excluding hydrogens is 374 g/mol. The van der Waals surface area contributed by atoms with Gasteiger partial charge >= 0.3 is 0 Å². The maximum Gasteiger partial charge on any atom is 0.297 e. The zero-order valence-corrected chi connectivity index (χ0v) is 15.9. The number of hydrogen-bond donors (Lipinski definition) is 1. The van der Waals surface area contributed by atoms with Crippen LogP contribution < -0.4 is 5.32 Å². The Labute approximate surface area is 167 Å². The minimum absolute atomic E-state index is 0.113. The standard InChI is InChI=1S/C22H22F2N4O/c23-20(24)22-26-18-9-5-4-8-17(18)21(27-22)25-13-16-12-19(29)28(14-16)11-10-15-6-2-1-3-7-15/h1-9,16,20H,10-14H2,(H,25,26,27). The first-order chi connectivity index (χ1) is 14.1. The first kappa shape index (κ1) is 19.2. The second-order valence-corrected chi connectivity index (χ2v) is 7.27. The average molecular weight is 396 g/mol. The van der Waals surface area contributed by atoms with Gasteiger partial charge in [0.25, 0.3) is 6.43 Å². The summed E-state index contributed by atoms with van der Waals surface area (Å²) in [4.78, 5) is 22.2. The first-order valence-corrected chi connectivity index (χ1v) is 9.70. The maximum atomic E-state index is 13.1. The summed E-state index contributed by atoms with van der Waals surface area (Å²) >= 11 is 0. The van der Waals surface area contributed by atoms with Gasteiger partial charge in [-0.1, -0.05) is 42.5 Å². The van der Waals surface area contributed by atoms with Crippen molar-refractivity contribution in [2.24, 2.45) is 5.92 Å². The van der Waals surface area contributed by atoms with Crippen molar-refractivity contribution in [1.29, 1.82) is 0 Å². The molecule has 3 aromatic rings. The highest BCUT2D eigenvalue weighted by Gasteiger charge is 2.29. The van der Waals surface area contributed by atoms with Crippen LogP contribution in [0.4, 0.5) is 14.6 Å². The minimum Gasteiger partial charge on any atom is -0.369 e. The number of nitrogens with one attached hydrogen (secondary N) is 1. The molecule has 1 atom stereocenters. The molecule has 1 saturated heterocycles. The van der Waals surface area contributed by atoms with Crippen molar-refractivity contribution in [3.8, 4) is 0 Å². The van der Waals surface area contributed by atoms with Crippen molar-refractivity contribution in [1.82, 2.24) is 14.9 Å². The van der Waals surface area contributed by atoms with Gasteiger partial charge in [-0.15, -0.1) is 0 Å². The van der Waals surface area contributed by atoms with Gasteiger partial charge in [0, 0.05) is 37.4 Å². The molecule has 0 radical (unpaired) electrons. The van der Waals surface area contributed by atoms with Crippen LogP contribution in [-0.2, 0) is 11.2 Å². The van der Waals surface area contributed by atoms with Crippen LogP contribution in [0.5, 0.6) is 0 Å². The van der Waals surface area contributed by atoms with E-state index in [1.807, 2.05) is 29.2 Å². The normalized spacial score (nSPS) is 16.7. The molecular formula is C22H22F2N4O. The van der Waals surface area contributed by atoms with E-state index in [9.17, 15) is 13.6 Å². The van der Waals surface area contributed by atoms with Crippen LogP contribution in [0.1, 0.15) is 24.2 Å². The van der Waals surface area contributed by atoms with E-state index in [1.165, 1.54) is 5.56 Å². The third-order valence-electron chi connectivity index (χ3n) is 5.18. The number of halogens is 2. The largest absolute Gasteiger partial charge is 0.369 e. The molecule has 0 bridgehead atoms. The fourth-order valence-electron chi connectivity index (χ4n) is 3.68. The lowest BCUT2D eigenvalue weighted by atomic mass is 10.1. The quantitative estimate of drug-likeness (QED) is 0.654. The van der Waals surface area contributed by atoms with Gasteiger partial charge in [-0.05, 0) is 24.1 Å². The van der Waals surface area contributed by atoms with Gasteiger partial charge in [0.1, 0.15) is 5.82 Å². The van der Waals surface area contributed by atoms with Crippen molar-refractivity contribution in [2.75, 3.05) is 25.0 Å². The smallest absolute Gasteiger partial charge is 0.297 e. The molecule has 29 heavy (non-hydrogen) atoms. The van der Waals surface area contributed by atoms with E-state index in [1.54, 1.807) is 18.2 Å². The van der Waals surface area contributed by atoms with Gasteiger partial charge in [0.05, 0.1) is 5.52 Å². The molecule has 1 aromatic heterocycles. The number of carbonyl (C=O) groups excluding carboxylic acids is 1. The van der Waals surface area contributed by atoms with Crippen LogP contribution in [0, 0.1) is 5.92 Å². The van der Waals surface area contributed by atoms with Crippen molar-refractivity contribution in [2.45, 2.75) is 19.3 Å². The predicted octanol–water partition coefficient (Wildman–Crippen LogP) is 4.07. The molecule has 2 heterocycles. The Bertz CT molecular complexity index is 997. The number of hydrogen-bond acceptors (Lipinski definition) is 4. The third kappa shape index (κ3) is 4.50. The van der Waals surface area contributed by atoms with Gasteiger partial charge in [0.15, 0.2) is 5.82 Å². The Kier molecular flexibility index (Phi) is 5.64. The summed E-state index contributed by atoms with van der Waals surface area (Å²) in [6.07, 6.45) is -1.46. The molecule has 2 aromatic carbocycles. The number of anilines is 1. The molecule has 1 aliphatic heterocycles. The van der Waals surface area contributed by atoms with Crippen LogP contribution in [0.15, 0.2) is 54.6 Å². The van der Waals surface area contributed by atoms with Crippen molar-refractivity contribution in [3.63, 3.8) is 0 Å². The average Bonchev–Trinajstić information content (AvgIpc) is 3.10. The highest BCUT2D eigenvalue weighted by Crippen LogP contribution is 2.25. The highest BCUT2D eigenvalue weighted by atomic mass is 19.3. The maximum absolute atomic E-state index is 13.1. The lowest BCUT2D eigenvalue weighted by molar-refractivity contribution is -0.127. The summed E-state index contributed by atoms with van der Waals surface area (Å²) in [6, 6.07) is 17.2. The van der Waals surface area contributed by atoms with Gasteiger partial charge in [-0.3, -0.25) is 4.79 Å². The first-order valence-electron chi connectivity index (χ1n) is 9.70. The Morgan fingerprint density at radius 2 is 1.83 bits per heavy atom. The molecule has 4 rings (SSSR count). The molecule has 1 aliphatic rings. The van der Waals surface area contributed by atoms with Gasteiger partial charge in [-0.25, -0.2) is 18.7 Å². The van der Waals surface area contributed by atoms with Crippen molar-refractivity contribution < 1.29 is 13.6 Å². The monoisotopic (exact) mass is 396 g/mol. The summed E-state index contributed by atoms with van der Waals surface area (Å²) in [7, 11) is 0. The molecule has 150 valence electrons. The zero-order chi connectivity index (χ0) is 20.2. The highest BCUT2D eigenvalue weighted by molar-refractivity contribution is 5.89. The van der Waals surface area contributed by atoms with Gasteiger partial charge in [-0.2, -0.15) is 0 Å². The lowest BCUT2D eigenvalue weighted by Crippen LogP contribution is -2.28. The molecule has 5 nitrogen and oxygen atoms in total. The number of alkyl halides is 2. The summed E-state index contributed by atoms with van der Waals surface area (Å²) < 4.78 is 26.3. The minimum atomic E-state index is -2.73. The summed E-state index contributed by atoms with van der Waals surface area (Å²) in [5, 5.41) is 3.87. The van der Waals surface area contributed by atoms with E-state index >= 15 is 0 Å². The number of rotatable bonds is 7. The van der Waals surface area contributed by atoms with E-state index in [0.29, 0.717) is 42.8 Å². The molecule has 1 amide bonds. The van der Waals surface area contributed by atoms with Gasteiger partial charge in [0.2, 0.25) is 5.91 Å². The molecule has 1 unspecified atom stereocenters. The van der Waals surface area contributed by atoms with Gasteiger partial charge < -0.3 is 10.2 Å². The second-order valence-electron chi connectivity index (χ2n) is 7.27. The van der Waals surface area contributed by atoms with Crippen molar-refractivity contribution in [3.05, 3.63) is 66.0 Å². The number of carbonyl (C=O) groups is 1. The fraction of sp³-hybridized carbons (Fsp3) is 0.318. The molecule has 1 N–H and O–H groups in total. The van der Waals surface area contributed by atoms with Crippen LogP contribution in [0.2, 0.25) is 0 Å². The van der Waals surface area contributed by atoms with E-state index < -0.39 is 12.2 Å². The second kappa shape index (κ2) is 8.51. The van der Waals surface area contributed by atoms with E-state index in [2.05, 4.69) is 27.4 Å². The van der Waals surface area contributed by atoms with Crippen LogP contribution in [0.25, 0.3) is 10.9 Å². The van der Waals surface area contributed by atoms with Crippen LogP contribution in [0.3, 0.4) is 0 Å². The number of benzene rings is 2. The molecule has 0 aliphatic carbocycles. The number of para-hydroxylation sites is 1. The van der Waals surface area contributed by atoms with Crippen molar-refractivity contribution >= 4 is 22.6 Å². The number of fused-ring (bicyclic) bond motifs is 1. The SMILES string of the molecule is O=C1CC(CNc2nc(C(F)F)nc3ccccc23)CN1CCc1ccccc1. The number of nitrogens with zero attached hydrogens (tertiary/aromatic N) is 3. The summed E-state index contributed by atoms with van der Waals surface area (Å²) in [5.74, 6) is 0.148. The fourth-order valence-corrected chi connectivity index (χ4v) is 3.68. The molecule has 1 fully saturated rings. The third-order valence-corrected chi connectivity index (χ3v) is 5.18. The Balaban J connectivity index is 1.40. The Hall–Kier alpha value is -3.09. The predicted molar refractivity (Wildman–Crippen MR) is 108 cm³/mol. The number of amides is 1. The summed E-state index contributed by atoms with van der Waals surface area (Å²) in [5.41, 5.74) is 1.68. The summed E-state index contributed by atoms with van der Waals surface area (Å²) in [6.45, 7) is 1.84. The molecule has 7 heteroatoms. The van der Waals surface area contributed by atoms with Crippen LogP contribution >= 0.6 is 0 Å². The Morgan fingerprint density at radius 3 is 2.62 bits per heavy atom. The lowest BCUT2D eigenvalue weighted by Gasteiger charge is -2.17. The van der Waals surface area contributed by atoms with E-state index in [0.717, 1.165) is 6.42 Å². The molecule has 0 spiro atoms. The number of likely N-dealkylation sites (tertiary alicyclic amines) is 1. The number of aromatic nitrogens is 2. The van der Waals surface area contributed by atoms with E-state index in [4.69, 9.17) is 0 Å². The Morgan fingerprint density at radius 1 is 1.07 bits per heavy atom. The molecule has 0 saturated carbocycles. The topological polar surface area (TPSA) is 58.1 Å². The zero-order valence-electron chi connectivity index (χ0n) is 15.9. The van der Waals surface area contributed by atoms with Crippen LogP contribution in [-0.4, -0.2) is 40.4 Å².